The molecule has 0 radical (unpaired) electrons. The molecule has 0 saturated carbocycles. The molecule has 0 unspecified atom stereocenters. The van der Waals surface area contributed by atoms with Crippen molar-refractivity contribution < 1.29 is 9.47 Å². The Balaban J connectivity index is 1.43. The molecule has 2 aromatic rings. The number of nitrogens with zero attached hydrogens (tertiary/aromatic N) is 1. The van der Waals surface area contributed by atoms with Gasteiger partial charge in [-0.1, -0.05) is 24.3 Å². The molecule has 6 nitrogen and oxygen atoms in total. The van der Waals surface area contributed by atoms with E-state index in [1.807, 2.05) is 36.4 Å². The fourth-order valence-electron chi connectivity index (χ4n) is 2.64. The zero-order valence-corrected chi connectivity index (χ0v) is 15.1. The quantitative estimate of drug-likeness (QED) is 0.386. The van der Waals surface area contributed by atoms with Gasteiger partial charge in [-0.2, -0.15) is 0 Å². The summed E-state index contributed by atoms with van der Waals surface area (Å²) < 4.78 is 10.7. The van der Waals surface area contributed by atoms with Crippen molar-refractivity contribution in [3.05, 3.63) is 54.1 Å². The molecule has 0 saturated heterocycles. The van der Waals surface area contributed by atoms with E-state index in [2.05, 4.69) is 40.0 Å². The molecule has 0 fully saturated rings. The number of nitrogens with one attached hydrogen (secondary N) is 3. The average Bonchev–Trinajstić information content (AvgIpc) is 3.14. The van der Waals surface area contributed by atoms with Gasteiger partial charge in [0.1, 0.15) is 0 Å². The third-order valence-corrected chi connectivity index (χ3v) is 3.95. The van der Waals surface area contributed by atoms with Gasteiger partial charge in [-0.05, 0) is 43.2 Å². The van der Waals surface area contributed by atoms with E-state index >= 15 is 0 Å². The molecule has 3 N–H and O–H groups in total. The molecule has 2 aromatic carbocycles. The topological polar surface area (TPSA) is 66.9 Å². The van der Waals surface area contributed by atoms with Gasteiger partial charge in [0.05, 0.1) is 6.54 Å². The first kappa shape index (κ1) is 17.9. The number of anilines is 1. The summed E-state index contributed by atoms with van der Waals surface area (Å²) in [7, 11) is 0. The summed E-state index contributed by atoms with van der Waals surface area (Å²) in [5.74, 6) is 2.42. The molecule has 6 heteroatoms. The summed E-state index contributed by atoms with van der Waals surface area (Å²) in [5.41, 5.74) is 2.24. The van der Waals surface area contributed by atoms with Crippen molar-refractivity contribution in [2.24, 2.45) is 4.99 Å². The van der Waals surface area contributed by atoms with Gasteiger partial charge in [-0.15, -0.1) is 0 Å². The number of fused-ring (bicyclic) bond motifs is 1. The molecule has 0 atom stereocenters. The fraction of sp³-hybridized carbons (Fsp3) is 0.350. The molecule has 0 amide bonds. The van der Waals surface area contributed by atoms with E-state index in [1.165, 1.54) is 0 Å². The second-order valence-electron chi connectivity index (χ2n) is 5.96. The largest absolute Gasteiger partial charge is 0.454 e. The molecule has 1 aliphatic heterocycles. The zero-order valence-electron chi connectivity index (χ0n) is 15.1. The molecule has 0 spiro atoms. The Morgan fingerprint density at radius 3 is 2.69 bits per heavy atom. The predicted octanol–water partition coefficient (Wildman–Crippen LogP) is 2.97. The maximum absolute atomic E-state index is 5.41. The Labute approximate surface area is 154 Å². The number of aliphatic imine (C=N–C) groups is 1. The Bertz CT molecular complexity index is 719. The van der Waals surface area contributed by atoms with Crippen LogP contribution >= 0.6 is 0 Å². The Kier molecular flexibility index (Phi) is 6.59. The van der Waals surface area contributed by atoms with Gasteiger partial charge < -0.3 is 25.4 Å². The summed E-state index contributed by atoms with van der Waals surface area (Å²) in [5, 5.41) is 10.1. The molecular formula is C20H26N4O2. The maximum atomic E-state index is 5.41. The summed E-state index contributed by atoms with van der Waals surface area (Å²) in [6.07, 6.45) is 1.00. The highest BCUT2D eigenvalue weighted by molar-refractivity contribution is 5.79. The lowest BCUT2D eigenvalue weighted by Gasteiger charge is -2.12. The SMILES string of the molecule is CCNC(=NCc1ccc2c(c1)OCO2)NCCCNc1ccccc1. The van der Waals surface area contributed by atoms with Gasteiger partial charge in [-0.25, -0.2) is 4.99 Å². The van der Waals surface area contributed by atoms with Crippen LogP contribution < -0.4 is 25.4 Å². The monoisotopic (exact) mass is 354 g/mol. The van der Waals surface area contributed by atoms with Crippen molar-refractivity contribution in [1.82, 2.24) is 10.6 Å². The molecule has 1 heterocycles. The van der Waals surface area contributed by atoms with E-state index in [0.29, 0.717) is 13.3 Å². The van der Waals surface area contributed by atoms with Crippen molar-refractivity contribution in [1.29, 1.82) is 0 Å². The summed E-state index contributed by atoms with van der Waals surface area (Å²) in [6.45, 7) is 5.55. The van der Waals surface area contributed by atoms with Crippen LogP contribution in [0.15, 0.2) is 53.5 Å². The van der Waals surface area contributed by atoms with Crippen LogP contribution in [0.3, 0.4) is 0 Å². The van der Waals surface area contributed by atoms with Crippen molar-refractivity contribution in [2.75, 3.05) is 31.7 Å². The van der Waals surface area contributed by atoms with Crippen molar-refractivity contribution in [3.8, 4) is 11.5 Å². The summed E-state index contributed by atoms with van der Waals surface area (Å²) >= 11 is 0. The third-order valence-electron chi connectivity index (χ3n) is 3.95. The van der Waals surface area contributed by atoms with Crippen LogP contribution in [0.5, 0.6) is 11.5 Å². The van der Waals surface area contributed by atoms with Crippen LogP contribution in [0.1, 0.15) is 18.9 Å². The number of hydrogen-bond donors (Lipinski definition) is 3. The van der Waals surface area contributed by atoms with Crippen molar-refractivity contribution in [3.63, 3.8) is 0 Å². The molecule has 0 aliphatic carbocycles. The second kappa shape index (κ2) is 9.56. The minimum atomic E-state index is 0.295. The van der Waals surface area contributed by atoms with Crippen LogP contribution in [0, 0.1) is 0 Å². The number of hydrogen-bond acceptors (Lipinski definition) is 4. The highest BCUT2D eigenvalue weighted by atomic mass is 16.7. The molecule has 0 bridgehead atoms. The Morgan fingerprint density at radius 2 is 1.85 bits per heavy atom. The van der Waals surface area contributed by atoms with Gasteiger partial charge in [-0.3, -0.25) is 0 Å². The molecule has 0 aromatic heterocycles. The maximum Gasteiger partial charge on any atom is 0.231 e. The highest BCUT2D eigenvalue weighted by Gasteiger charge is 2.12. The van der Waals surface area contributed by atoms with Gasteiger partial charge in [0.15, 0.2) is 17.5 Å². The minimum absolute atomic E-state index is 0.295. The van der Waals surface area contributed by atoms with E-state index in [4.69, 9.17) is 9.47 Å². The Morgan fingerprint density at radius 1 is 1.00 bits per heavy atom. The van der Waals surface area contributed by atoms with E-state index in [-0.39, 0.29) is 0 Å². The minimum Gasteiger partial charge on any atom is -0.454 e. The van der Waals surface area contributed by atoms with Crippen LogP contribution in [-0.2, 0) is 6.54 Å². The van der Waals surface area contributed by atoms with Gasteiger partial charge in [0.25, 0.3) is 0 Å². The number of para-hydroxylation sites is 1. The van der Waals surface area contributed by atoms with Crippen molar-refractivity contribution in [2.45, 2.75) is 19.9 Å². The smallest absolute Gasteiger partial charge is 0.231 e. The van der Waals surface area contributed by atoms with Gasteiger partial charge in [0, 0.05) is 25.3 Å². The standard InChI is InChI=1S/C20H26N4O2/c1-2-21-20(23-12-6-11-22-17-7-4-3-5-8-17)24-14-16-9-10-18-19(13-16)26-15-25-18/h3-5,7-10,13,22H,2,6,11-12,14-15H2,1H3,(H2,21,23,24). The lowest BCUT2D eigenvalue weighted by atomic mass is 10.2. The summed E-state index contributed by atoms with van der Waals surface area (Å²) in [6, 6.07) is 16.2. The third kappa shape index (κ3) is 5.31. The molecule has 26 heavy (non-hydrogen) atoms. The number of ether oxygens (including phenoxy) is 2. The number of rotatable bonds is 8. The van der Waals surface area contributed by atoms with E-state index in [0.717, 1.165) is 54.8 Å². The first-order valence-corrected chi connectivity index (χ1v) is 9.05. The normalized spacial score (nSPS) is 12.7. The van der Waals surface area contributed by atoms with E-state index in [9.17, 15) is 0 Å². The van der Waals surface area contributed by atoms with Gasteiger partial charge >= 0.3 is 0 Å². The lowest BCUT2D eigenvalue weighted by Crippen LogP contribution is -2.38. The molecule has 3 rings (SSSR count). The molecule has 138 valence electrons. The summed E-state index contributed by atoms with van der Waals surface area (Å²) in [4.78, 5) is 4.64. The second-order valence-corrected chi connectivity index (χ2v) is 5.96. The molecule has 1 aliphatic rings. The Hall–Kier alpha value is -2.89. The first-order chi connectivity index (χ1) is 12.8. The van der Waals surface area contributed by atoms with E-state index in [1.54, 1.807) is 0 Å². The van der Waals surface area contributed by atoms with Crippen LogP contribution in [0.2, 0.25) is 0 Å². The first-order valence-electron chi connectivity index (χ1n) is 9.05. The lowest BCUT2D eigenvalue weighted by molar-refractivity contribution is 0.174. The van der Waals surface area contributed by atoms with E-state index < -0.39 is 0 Å². The number of guanidine groups is 1. The van der Waals surface area contributed by atoms with Crippen LogP contribution in [0.4, 0.5) is 5.69 Å². The average molecular weight is 354 g/mol. The van der Waals surface area contributed by atoms with Crippen LogP contribution in [-0.4, -0.2) is 32.4 Å². The van der Waals surface area contributed by atoms with Crippen LogP contribution in [0.25, 0.3) is 0 Å². The highest BCUT2D eigenvalue weighted by Crippen LogP contribution is 2.32. The predicted molar refractivity (Wildman–Crippen MR) is 105 cm³/mol. The van der Waals surface area contributed by atoms with Gasteiger partial charge in [0.2, 0.25) is 6.79 Å². The zero-order chi connectivity index (χ0) is 18.0. The fourth-order valence-corrected chi connectivity index (χ4v) is 2.64. The van der Waals surface area contributed by atoms with Crippen molar-refractivity contribution >= 4 is 11.6 Å². The molecular weight excluding hydrogens is 328 g/mol. The number of benzene rings is 2.